The zero-order chi connectivity index (χ0) is 18.4. The number of hydrogen-bond acceptors (Lipinski definition) is 3. The summed E-state index contributed by atoms with van der Waals surface area (Å²) in [6, 6.07) is -0.437. The summed E-state index contributed by atoms with van der Waals surface area (Å²) in [4.78, 5) is 24.8. The maximum atomic E-state index is 12.4. The molecule has 0 aliphatic carbocycles. The number of rotatable bonds is 10. The van der Waals surface area contributed by atoms with E-state index in [4.69, 9.17) is 0 Å². The molecule has 2 rings (SSSR count). The molecule has 0 radical (unpaired) electrons. The fraction of sp³-hybridized carbons (Fsp3) is 0.789. The van der Waals surface area contributed by atoms with E-state index in [1.807, 2.05) is 6.08 Å². The Morgan fingerprint density at radius 2 is 1.76 bits per heavy atom. The number of nitrogens with zero attached hydrogens (tertiary/aromatic N) is 3. The van der Waals surface area contributed by atoms with Crippen molar-refractivity contribution in [1.29, 1.82) is 0 Å². The zero-order valence-corrected chi connectivity index (χ0v) is 15.9. The molecule has 142 valence electrons. The van der Waals surface area contributed by atoms with Crippen molar-refractivity contribution in [3.63, 3.8) is 0 Å². The molecule has 0 amide bonds. The van der Waals surface area contributed by atoms with Crippen molar-refractivity contribution >= 4 is 0 Å². The number of allylic oxidation sites excluding steroid dienone is 1. The van der Waals surface area contributed by atoms with Crippen LogP contribution in [-0.2, 0) is 13.6 Å². The minimum atomic E-state index is -0.636. The van der Waals surface area contributed by atoms with Gasteiger partial charge in [-0.1, -0.05) is 64.0 Å². The van der Waals surface area contributed by atoms with Gasteiger partial charge in [0, 0.05) is 7.05 Å². The number of aliphatic hydroxyl groups is 1. The zero-order valence-electron chi connectivity index (χ0n) is 15.9. The second kappa shape index (κ2) is 9.22. The first-order chi connectivity index (χ1) is 12.0. The van der Waals surface area contributed by atoms with Crippen LogP contribution in [0, 0.1) is 0 Å². The van der Waals surface area contributed by atoms with Crippen molar-refractivity contribution < 1.29 is 5.11 Å². The predicted octanol–water partition coefficient (Wildman–Crippen LogP) is 2.74. The van der Waals surface area contributed by atoms with E-state index in [9.17, 15) is 14.7 Å². The molecule has 1 N–H and O–H groups in total. The van der Waals surface area contributed by atoms with E-state index in [1.165, 1.54) is 35.7 Å². The molecule has 0 fully saturated rings. The minimum Gasteiger partial charge on any atom is -0.391 e. The van der Waals surface area contributed by atoms with Gasteiger partial charge in [0.15, 0.2) is 0 Å². The lowest BCUT2D eigenvalue weighted by molar-refractivity contribution is 0.102. The molecular weight excluding hydrogens is 318 g/mol. The van der Waals surface area contributed by atoms with E-state index in [0.29, 0.717) is 13.0 Å². The summed E-state index contributed by atoms with van der Waals surface area (Å²) in [5.41, 5.74) is 0.518. The van der Waals surface area contributed by atoms with Crippen LogP contribution in [0.15, 0.2) is 21.2 Å². The molecule has 25 heavy (non-hydrogen) atoms. The third-order valence-electron chi connectivity index (χ3n) is 5.14. The fourth-order valence-corrected chi connectivity index (χ4v) is 3.58. The van der Waals surface area contributed by atoms with Crippen LogP contribution in [-0.4, -0.2) is 25.1 Å². The lowest BCUT2D eigenvalue weighted by Gasteiger charge is -2.28. The van der Waals surface area contributed by atoms with Gasteiger partial charge in [-0.25, -0.2) is 23.5 Å². The second-order valence-electron chi connectivity index (χ2n) is 7.22. The van der Waals surface area contributed by atoms with Gasteiger partial charge in [-0.3, -0.25) is 0 Å². The van der Waals surface area contributed by atoms with E-state index in [2.05, 4.69) is 13.8 Å². The van der Waals surface area contributed by atoms with E-state index >= 15 is 0 Å². The van der Waals surface area contributed by atoms with Gasteiger partial charge in [-0.15, -0.1) is 0 Å². The lowest BCUT2D eigenvalue weighted by atomic mass is 9.97. The van der Waals surface area contributed by atoms with E-state index < -0.39 is 12.1 Å². The summed E-state index contributed by atoms with van der Waals surface area (Å²) < 4.78 is 4.10. The smallest absolute Gasteiger partial charge is 0.347 e. The van der Waals surface area contributed by atoms with Gasteiger partial charge >= 0.3 is 11.4 Å². The first-order valence-corrected chi connectivity index (χ1v) is 9.77. The third kappa shape index (κ3) is 4.54. The molecule has 1 aromatic rings. The van der Waals surface area contributed by atoms with Crippen LogP contribution in [0.5, 0.6) is 0 Å². The number of aromatic nitrogens is 3. The molecule has 2 heterocycles. The van der Waals surface area contributed by atoms with Crippen LogP contribution in [0.1, 0.15) is 77.7 Å². The molecule has 6 nitrogen and oxygen atoms in total. The van der Waals surface area contributed by atoms with E-state index in [0.717, 1.165) is 42.2 Å². The fourth-order valence-electron chi connectivity index (χ4n) is 3.58. The highest BCUT2D eigenvalue weighted by Gasteiger charge is 2.29. The van der Waals surface area contributed by atoms with Crippen LogP contribution in [0.4, 0.5) is 0 Å². The number of unbranched alkanes of at least 4 members (excludes halogenated alkanes) is 5. The summed E-state index contributed by atoms with van der Waals surface area (Å²) in [6.07, 6.45) is 10.7. The largest absolute Gasteiger partial charge is 0.391 e. The van der Waals surface area contributed by atoms with Crippen LogP contribution in [0.2, 0.25) is 0 Å². The molecule has 6 heteroatoms. The molecule has 0 bridgehead atoms. The Kier molecular flexibility index (Phi) is 7.29. The number of hydrogen-bond donors (Lipinski definition) is 1. The SMILES string of the molecule is CCCCCCC1=C[C@H](C(O)CCCCC)n2c(=O)n(C)c(=O)n2C1. The van der Waals surface area contributed by atoms with Crippen LogP contribution >= 0.6 is 0 Å². The maximum absolute atomic E-state index is 12.4. The van der Waals surface area contributed by atoms with Gasteiger partial charge in [0.2, 0.25) is 0 Å². The Hall–Kier alpha value is -1.56. The average molecular weight is 351 g/mol. The highest BCUT2D eigenvalue weighted by molar-refractivity contribution is 5.12. The van der Waals surface area contributed by atoms with Gasteiger partial charge in [0.25, 0.3) is 0 Å². The molecule has 0 saturated carbocycles. The summed E-state index contributed by atoms with van der Waals surface area (Å²) >= 11 is 0. The molecule has 0 spiro atoms. The van der Waals surface area contributed by atoms with Crippen LogP contribution in [0.3, 0.4) is 0 Å². The Bertz CT molecular complexity index is 696. The van der Waals surface area contributed by atoms with Gasteiger partial charge in [-0.05, 0) is 19.3 Å². The van der Waals surface area contributed by atoms with Crippen molar-refractivity contribution in [2.24, 2.45) is 7.05 Å². The van der Waals surface area contributed by atoms with Gasteiger partial charge in [0.1, 0.15) is 0 Å². The second-order valence-corrected chi connectivity index (χ2v) is 7.22. The summed E-state index contributed by atoms with van der Waals surface area (Å²) in [7, 11) is 1.50. The molecule has 2 atom stereocenters. The van der Waals surface area contributed by atoms with Gasteiger partial charge < -0.3 is 5.11 Å². The Balaban J connectivity index is 2.23. The normalized spacial score (nSPS) is 18.1. The first-order valence-electron chi connectivity index (χ1n) is 9.77. The average Bonchev–Trinajstić information content (AvgIpc) is 2.83. The third-order valence-corrected chi connectivity index (χ3v) is 5.14. The van der Waals surface area contributed by atoms with Crippen molar-refractivity contribution in [2.75, 3.05) is 0 Å². The molecule has 1 aliphatic heterocycles. The Morgan fingerprint density at radius 1 is 1.08 bits per heavy atom. The Labute approximate surface area is 149 Å². The number of fused-ring (bicyclic) bond motifs is 1. The predicted molar refractivity (Wildman–Crippen MR) is 100.0 cm³/mol. The molecule has 0 aromatic carbocycles. The van der Waals surface area contributed by atoms with Crippen LogP contribution in [0.25, 0.3) is 0 Å². The number of aliphatic hydroxyl groups excluding tert-OH is 1. The van der Waals surface area contributed by atoms with Gasteiger partial charge in [0.05, 0.1) is 18.7 Å². The highest BCUT2D eigenvalue weighted by atomic mass is 16.3. The van der Waals surface area contributed by atoms with Gasteiger partial charge in [-0.2, -0.15) is 0 Å². The standard InChI is InChI=1S/C19H33N3O3/c1-4-6-8-10-11-15-13-16(17(23)12-9-7-5-2)22-19(25)20(3)18(24)21(22)14-15/h13,16-17,23H,4-12,14H2,1-3H3/t16-,17?/m1/s1. The van der Waals surface area contributed by atoms with Crippen molar-refractivity contribution in [3.05, 3.63) is 32.6 Å². The van der Waals surface area contributed by atoms with E-state index in [1.54, 1.807) is 0 Å². The maximum Gasteiger partial charge on any atom is 0.347 e. The topological polar surface area (TPSA) is 69.2 Å². The quantitative estimate of drug-likeness (QED) is 0.520. The van der Waals surface area contributed by atoms with Crippen LogP contribution < -0.4 is 11.4 Å². The first kappa shape index (κ1) is 19.8. The lowest BCUT2D eigenvalue weighted by Crippen LogP contribution is -2.39. The summed E-state index contributed by atoms with van der Waals surface area (Å²) in [6.45, 7) is 4.77. The monoisotopic (exact) mass is 351 g/mol. The van der Waals surface area contributed by atoms with Crippen molar-refractivity contribution in [2.45, 2.75) is 90.3 Å². The molecular formula is C19H33N3O3. The molecule has 1 aromatic heterocycles. The summed E-state index contributed by atoms with van der Waals surface area (Å²) in [5, 5.41) is 10.7. The molecule has 1 unspecified atom stereocenters. The Morgan fingerprint density at radius 3 is 2.44 bits per heavy atom. The van der Waals surface area contributed by atoms with Crippen molar-refractivity contribution in [1.82, 2.24) is 13.9 Å². The highest BCUT2D eigenvalue weighted by Crippen LogP contribution is 2.25. The summed E-state index contributed by atoms with van der Waals surface area (Å²) in [5.74, 6) is 0. The van der Waals surface area contributed by atoms with Crippen molar-refractivity contribution in [3.8, 4) is 0 Å². The molecule has 0 saturated heterocycles. The minimum absolute atomic E-state index is 0.296. The van der Waals surface area contributed by atoms with E-state index in [-0.39, 0.29) is 11.4 Å². The molecule has 1 aliphatic rings.